The lowest BCUT2D eigenvalue weighted by molar-refractivity contribution is 0.364. The van der Waals surface area contributed by atoms with E-state index in [1.54, 1.807) is 18.2 Å². The first-order valence-electron chi connectivity index (χ1n) is 4.76. The van der Waals surface area contributed by atoms with Gasteiger partial charge in [0, 0.05) is 19.8 Å². The zero-order valence-electron chi connectivity index (χ0n) is 9.41. The molecule has 1 atom stereocenters. The third-order valence-corrected chi connectivity index (χ3v) is 5.56. The van der Waals surface area contributed by atoms with Crippen LogP contribution >= 0.6 is 7.60 Å². The van der Waals surface area contributed by atoms with Gasteiger partial charge in [-0.3, -0.25) is 9.12 Å². The molecule has 1 unspecified atom stereocenters. The summed E-state index contributed by atoms with van der Waals surface area (Å²) in [6.07, 6.45) is 1.45. The van der Waals surface area contributed by atoms with E-state index in [1.807, 2.05) is 0 Å². The minimum absolute atomic E-state index is 0.333. The second kappa shape index (κ2) is 5.33. The van der Waals surface area contributed by atoms with Gasteiger partial charge in [0.05, 0.1) is 0 Å². The smallest absolute Gasteiger partial charge is 0.347 e. The molecule has 0 saturated heterocycles. The Morgan fingerprint density at radius 3 is 2.44 bits per heavy atom. The molecule has 1 aromatic heterocycles. The van der Waals surface area contributed by atoms with Crippen molar-refractivity contribution in [3.8, 4) is 0 Å². The van der Waals surface area contributed by atoms with Crippen molar-refractivity contribution in [1.82, 2.24) is 4.98 Å². The minimum atomic E-state index is -4.98. The zero-order chi connectivity index (χ0) is 14.0. The monoisotopic (exact) mass is 296 g/mol. The third-order valence-electron chi connectivity index (χ3n) is 2.19. The summed E-state index contributed by atoms with van der Waals surface area (Å²) in [5, 5.41) is 0. The van der Waals surface area contributed by atoms with Gasteiger partial charge >= 0.3 is 7.60 Å². The van der Waals surface area contributed by atoms with Crippen LogP contribution in [0.1, 0.15) is 0 Å². The first kappa shape index (κ1) is 15.1. The molecule has 1 rings (SSSR count). The van der Waals surface area contributed by atoms with E-state index in [1.165, 1.54) is 18.1 Å². The van der Waals surface area contributed by atoms with Crippen molar-refractivity contribution in [2.45, 2.75) is 4.99 Å². The summed E-state index contributed by atoms with van der Waals surface area (Å²) in [5.74, 6) is 0.333. The van der Waals surface area contributed by atoms with E-state index in [0.29, 0.717) is 5.82 Å². The summed E-state index contributed by atoms with van der Waals surface area (Å²) in [7, 11) is -8.42. The predicted molar refractivity (Wildman–Crippen MR) is 64.9 cm³/mol. The number of rotatable bonds is 5. The number of anilines is 1. The summed E-state index contributed by atoms with van der Waals surface area (Å²) >= 11 is 0. The maximum absolute atomic E-state index is 11.1. The molecule has 0 aliphatic carbocycles. The second-order valence-electron chi connectivity index (χ2n) is 3.63. The molecule has 0 spiro atoms. The van der Waals surface area contributed by atoms with Crippen LogP contribution in [-0.2, 0) is 14.7 Å². The summed E-state index contributed by atoms with van der Waals surface area (Å²) in [6.45, 7) is -0.569. The fourth-order valence-corrected chi connectivity index (χ4v) is 3.54. The highest BCUT2D eigenvalue weighted by molar-refractivity contribution is 7.93. The highest BCUT2D eigenvalue weighted by Crippen LogP contribution is 2.44. The minimum Gasteiger partial charge on any atom is -0.358 e. The molecule has 0 saturated carbocycles. The van der Waals surface area contributed by atoms with Gasteiger partial charge < -0.3 is 14.7 Å². The van der Waals surface area contributed by atoms with E-state index < -0.39 is 29.2 Å². The van der Waals surface area contributed by atoms with E-state index in [2.05, 4.69) is 4.98 Å². The summed E-state index contributed by atoms with van der Waals surface area (Å²) in [5.41, 5.74) is 0. The van der Waals surface area contributed by atoms with E-state index in [0.717, 1.165) is 0 Å². The molecule has 8 nitrogen and oxygen atoms in total. The van der Waals surface area contributed by atoms with E-state index in [-0.39, 0.29) is 0 Å². The topological polar surface area (TPSA) is 128 Å². The Labute approximate surface area is 104 Å². The molecule has 1 heterocycles. The molecule has 1 aromatic rings. The van der Waals surface area contributed by atoms with Gasteiger partial charge in [-0.1, -0.05) is 6.07 Å². The highest BCUT2D eigenvalue weighted by Gasteiger charge is 2.40. The van der Waals surface area contributed by atoms with Gasteiger partial charge in [-0.05, 0) is 12.1 Å². The van der Waals surface area contributed by atoms with E-state index in [9.17, 15) is 13.0 Å². The lowest BCUT2D eigenvalue weighted by Gasteiger charge is -2.23. The summed E-state index contributed by atoms with van der Waals surface area (Å²) < 4.78 is 41.8. The summed E-state index contributed by atoms with van der Waals surface area (Å²) in [4.78, 5) is 20.8. The van der Waals surface area contributed by atoms with Gasteiger partial charge in [0.1, 0.15) is 5.82 Å². The first-order valence-corrected chi connectivity index (χ1v) is 7.94. The van der Waals surface area contributed by atoms with Crippen LogP contribution in [-0.4, -0.2) is 46.3 Å². The number of hydrogen-bond donors (Lipinski definition) is 3. The maximum atomic E-state index is 11.1. The molecule has 0 fully saturated rings. The normalized spacial score (nSPS) is 14.2. The molecule has 0 aliphatic rings. The van der Waals surface area contributed by atoms with Crippen molar-refractivity contribution in [3.63, 3.8) is 0 Å². The number of aromatic nitrogens is 1. The predicted octanol–water partition coefficient (Wildman–Crippen LogP) is -0.0906. The molecule has 102 valence electrons. The fraction of sp³-hybridized carbons (Fsp3) is 0.375. The average Bonchev–Trinajstić information content (AvgIpc) is 2.23. The molecule has 10 heteroatoms. The molecule has 0 bridgehead atoms. The molecule has 0 radical (unpaired) electrons. The molecule has 0 aromatic carbocycles. The van der Waals surface area contributed by atoms with E-state index in [4.69, 9.17) is 14.3 Å². The van der Waals surface area contributed by atoms with Gasteiger partial charge in [-0.25, -0.2) is 4.98 Å². The molecular formula is C8H13N2O6PS. The van der Waals surface area contributed by atoms with Crippen LogP contribution in [0.4, 0.5) is 5.82 Å². The first-order chi connectivity index (χ1) is 8.12. The third kappa shape index (κ3) is 4.04. The van der Waals surface area contributed by atoms with Gasteiger partial charge in [-0.2, -0.15) is 8.42 Å². The Bertz CT molecular complexity index is 542. The molecule has 0 amide bonds. The van der Waals surface area contributed by atoms with Gasteiger partial charge in [0.2, 0.25) is 4.99 Å². The Morgan fingerprint density at radius 1 is 1.44 bits per heavy atom. The summed E-state index contributed by atoms with van der Waals surface area (Å²) in [6, 6.07) is 4.82. The molecule has 0 aliphatic heterocycles. The van der Waals surface area contributed by atoms with Crippen molar-refractivity contribution in [3.05, 3.63) is 24.4 Å². The van der Waals surface area contributed by atoms with Crippen LogP contribution in [0.5, 0.6) is 0 Å². The van der Waals surface area contributed by atoms with Gasteiger partial charge in [-0.15, -0.1) is 0 Å². The van der Waals surface area contributed by atoms with E-state index >= 15 is 0 Å². The standard InChI is InChI=1S/C8H13N2O6PS/c1-10(7-4-2-3-5-9-7)6-8(17(11,12)13)18(14,15)16/h2-5,8H,6H2,1H3,(H2,11,12,13)(H,14,15,16). The largest absolute Gasteiger partial charge is 0.358 e. The number of pyridine rings is 1. The van der Waals surface area contributed by atoms with Crippen molar-refractivity contribution < 1.29 is 27.3 Å². The Balaban J connectivity index is 2.97. The van der Waals surface area contributed by atoms with Crippen molar-refractivity contribution >= 4 is 23.5 Å². The Hall–Kier alpha value is -0.990. The number of hydrogen-bond acceptors (Lipinski definition) is 5. The van der Waals surface area contributed by atoms with Crippen LogP contribution in [0.2, 0.25) is 0 Å². The van der Waals surface area contributed by atoms with Crippen LogP contribution < -0.4 is 4.90 Å². The zero-order valence-corrected chi connectivity index (χ0v) is 11.1. The lowest BCUT2D eigenvalue weighted by atomic mass is 10.4. The second-order valence-corrected chi connectivity index (χ2v) is 7.38. The Morgan fingerprint density at radius 2 is 2.06 bits per heavy atom. The maximum Gasteiger partial charge on any atom is 0.347 e. The van der Waals surface area contributed by atoms with Crippen molar-refractivity contribution in [2.75, 3.05) is 18.5 Å². The Kier molecular flexibility index (Phi) is 4.46. The average molecular weight is 296 g/mol. The van der Waals surface area contributed by atoms with Crippen molar-refractivity contribution in [2.24, 2.45) is 0 Å². The SMILES string of the molecule is CN(CC(P(=O)(O)O)S(=O)(=O)O)c1ccccn1. The highest BCUT2D eigenvalue weighted by atomic mass is 32.2. The van der Waals surface area contributed by atoms with Crippen molar-refractivity contribution in [1.29, 1.82) is 0 Å². The van der Waals surface area contributed by atoms with Crippen LogP contribution in [0.25, 0.3) is 0 Å². The molecular weight excluding hydrogens is 283 g/mol. The van der Waals surface area contributed by atoms with Crippen LogP contribution in [0.3, 0.4) is 0 Å². The molecule has 18 heavy (non-hydrogen) atoms. The fourth-order valence-electron chi connectivity index (χ4n) is 1.28. The van der Waals surface area contributed by atoms with Crippen LogP contribution in [0.15, 0.2) is 24.4 Å². The van der Waals surface area contributed by atoms with Gasteiger partial charge in [0.15, 0.2) is 0 Å². The molecule has 3 N–H and O–H groups in total. The van der Waals surface area contributed by atoms with Gasteiger partial charge in [0.25, 0.3) is 10.1 Å². The number of nitrogens with zero attached hydrogens (tertiary/aromatic N) is 2. The quantitative estimate of drug-likeness (QED) is 0.508. The lowest BCUT2D eigenvalue weighted by Crippen LogP contribution is -2.34. The van der Waals surface area contributed by atoms with Crippen LogP contribution in [0, 0.1) is 0 Å².